The van der Waals surface area contributed by atoms with Crippen molar-refractivity contribution in [2.75, 3.05) is 13.2 Å². The van der Waals surface area contributed by atoms with E-state index in [2.05, 4.69) is 5.16 Å². The van der Waals surface area contributed by atoms with E-state index in [4.69, 9.17) is 14.4 Å². The molecule has 1 aromatic carbocycles. The summed E-state index contributed by atoms with van der Waals surface area (Å²) in [6, 6.07) is 5.58. The van der Waals surface area contributed by atoms with Gasteiger partial charge in [0.05, 0.1) is 17.7 Å². The van der Waals surface area contributed by atoms with E-state index in [0.29, 0.717) is 18.6 Å². The zero-order valence-electron chi connectivity index (χ0n) is 8.56. The number of aliphatic hydroxyl groups excluding tert-OH is 1. The van der Waals surface area contributed by atoms with Crippen molar-refractivity contribution in [3.8, 4) is 5.75 Å². The van der Waals surface area contributed by atoms with Crippen molar-refractivity contribution in [2.24, 2.45) is 0 Å². The summed E-state index contributed by atoms with van der Waals surface area (Å²) in [5, 5.41) is 13.7. The first-order valence-electron chi connectivity index (χ1n) is 4.97. The van der Waals surface area contributed by atoms with E-state index in [1.807, 2.05) is 25.1 Å². The average molecular weight is 207 g/mol. The lowest BCUT2D eigenvalue weighted by atomic mass is 10.1. The minimum atomic E-state index is 0.0576. The van der Waals surface area contributed by atoms with Gasteiger partial charge in [0, 0.05) is 13.0 Å². The molecule has 0 atom stereocenters. The Bertz CT molecular complexity index is 450. The maximum absolute atomic E-state index is 8.90. The largest absolute Gasteiger partial charge is 0.493 e. The highest BCUT2D eigenvalue weighted by Gasteiger charge is 2.12. The molecule has 2 rings (SSSR count). The van der Waals surface area contributed by atoms with Gasteiger partial charge in [0.15, 0.2) is 5.58 Å². The molecule has 2 aromatic rings. The van der Waals surface area contributed by atoms with Crippen LogP contribution in [0.5, 0.6) is 5.75 Å². The maximum Gasteiger partial charge on any atom is 0.170 e. The van der Waals surface area contributed by atoms with Gasteiger partial charge in [-0.1, -0.05) is 11.2 Å². The normalized spacial score (nSPS) is 10.8. The van der Waals surface area contributed by atoms with Gasteiger partial charge in [-0.25, -0.2) is 0 Å². The van der Waals surface area contributed by atoms with Gasteiger partial charge in [-0.15, -0.1) is 0 Å². The van der Waals surface area contributed by atoms with Crippen molar-refractivity contribution in [1.29, 1.82) is 0 Å². The number of fused-ring (bicyclic) bond motifs is 1. The molecule has 0 radical (unpaired) electrons. The lowest BCUT2D eigenvalue weighted by molar-refractivity contribution is 0.295. The van der Waals surface area contributed by atoms with Crippen LogP contribution < -0.4 is 4.74 Å². The summed E-state index contributed by atoms with van der Waals surface area (Å²) >= 11 is 0. The number of aliphatic hydroxyl groups is 1. The van der Waals surface area contributed by atoms with Crippen LogP contribution in [0.15, 0.2) is 22.7 Å². The number of nitrogens with zero attached hydrogens (tertiary/aromatic N) is 1. The van der Waals surface area contributed by atoms with Gasteiger partial charge in [-0.05, 0) is 19.1 Å². The lowest BCUT2D eigenvalue weighted by Crippen LogP contribution is -1.95. The molecule has 0 saturated carbocycles. The van der Waals surface area contributed by atoms with Crippen molar-refractivity contribution in [3.05, 3.63) is 23.9 Å². The fourth-order valence-corrected chi connectivity index (χ4v) is 1.57. The Kier molecular flexibility index (Phi) is 2.87. The molecule has 0 saturated heterocycles. The van der Waals surface area contributed by atoms with Gasteiger partial charge in [-0.2, -0.15) is 0 Å². The van der Waals surface area contributed by atoms with Crippen LogP contribution >= 0.6 is 0 Å². The molecule has 1 N–H and O–H groups in total. The first kappa shape index (κ1) is 9.98. The van der Waals surface area contributed by atoms with Gasteiger partial charge in [-0.3, -0.25) is 0 Å². The number of ether oxygens (including phenoxy) is 1. The standard InChI is InChI=1S/C11H13NO3/c1-2-14-9-4-3-5-10-11(9)8(6-7-13)12-15-10/h3-5,13H,2,6-7H2,1H3. The molecule has 15 heavy (non-hydrogen) atoms. The highest BCUT2D eigenvalue weighted by atomic mass is 16.5. The molecule has 1 aromatic heterocycles. The summed E-state index contributed by atoms with van der Waals surface area (Å²) in [4.78, 5) is 0. The van der Waals surface area contributed by atoms with Gasteiger partial charge >= 0.3 is 0 Å². The summed E-state index contributed by atoms with van der Waals surface area (Å²) < 4.78 is 10.6. The smallest absolute Gasteiger partial charge is 0.170 e. The Hall–Kier alpha value is -1.55. The SMILES string of the molecule is CCOc1cccc2onc(CCO)c12. The highest BCUT2D eigenvalue weighted by Crippen LogP contribution is 2.28. The summed E-state index contributed by atoms with van der Waals surface area (Å²) in [5.74, 6) is 0.764. The molecule has 0 fully saturated rings. The average Bonchev–Trinajstić information content (AvgIpc) is 2.64. The van der Waals surface area contributed by atoms with Gasteiger partial charge in [0.2, 0.25) is 0 Å². The van der Waals surface area contributed by atoms with Crippen molar-refractivity contribution in [3.63, 3.8) is 0 Å². The molecule has 0 amide bonds. The second-order valence-corrected chi connectivity index (χ2v) is 3.17. The van der Waals surface area contributed by atoms with Crippen molar-refractivity contribution >= 4 is 11.0 Å². The van der Waals surface area contributed by atoms with Crippen LogP contribution in [0.1, 0.15) is 12.6 Å². The molecule has 80 valence electrons. The Labute approximate surface area is 87.4 Å². The zero-order valence-corrected chi connectivity index (χ0v) is 8.56. The third-order valence-corrected chi connectivity index (χ3v) is 2.18. The fourth-order valence-electron chi connectivity index (χ4n) is 1.57. The number of aromatic nitrogens is 1. The van der Waals surface area contributed by atoms with E-state index in [1.54, 1.807) is 0 Å². The van der Waals surface area contributed by atoms with E-state index in [1.165, 1.54) is 0 Å². The highest BCUT2D eigenvalue weighted by molar-refractivity contribution is 5.86. The minimum absolute atomic E-state index is 0.0576. The van der Waals surface area contributed by atoms with Gasteiger partial charge < -0.3 is 14.4 Å². The Morgan fingerprint density at radius 1 is 1.47 bits per heavy atom. The molecule has 0 bridgehead atoms. The third kappa shape index (κ3) is 1.80. The first-order valence-corrected chi connectivity index (χ1v) is 4.97. The summed E-state index contributed by atoms with van der Waals surface area (Å²) in [5.41, 5.74) is 1.45. The molecule has 4 nitrogen and oxygen atoms in total. The molecule has 0 spiro atoms. The van der Waals surface area contributed by atoms with Crippen LogP contribution in [0.3, 0.4) is 0 Å². The monoisotopic (exact) mass is 207 g/mol. The quantitative estimate of drug-likeness (QED) is 0.830. The zero-order chi connectivity index (χ0) is 10.7. The predicted molar refractivity (Wildman–Crippen MR) is 56.0 cm³/mol. The van der Waals surface area contributed by atoms with Crippen molar-refractivity contribution < 1.29 is 14.4 Å². The Morgan fingerprint density at radius 3 is 3.07 bits per heavy atom. The second kappa shape index (κ2) is 4.31. The summed E-state index contributed by atoms with van der Waals surface area (Å²) in [6.45, 7) is 2.59. The van der Waals surface area contributed by atoms with Crippen molar-refractivity contribution in [2.45, 2.75) is 13.3 Å². The maximum atomic E-state index is 8.90. The van der Waals surface area contributed by atoms with E-state index < -0.39 is 0 Å². The molecular weight excluding hydrogens is 194 g/mol. The third-order valence-electron chi connectivity index (χ3n) is 2.18. The number of benzene rings is 1. The van der Waals surface area contributed by atoms with Gasteiger partial charge in [0.25, 0.3) is 0 Å². The van der Waals surface area contributed by atoms with Crippen LogP contribution in [-0.4, -0.2) is 23.5 Å². The molecule has 0 aliphatic rings. The molecular formula is C11H13NO3. The van der Waals surface area contributed by atoms with E-state index in [9.17, 15) is 0 Å². The summed E-state index contributed by atoms with van der Waals surface area (Å²) in [6.07, 6.45) is 0.483. The van der Waals surface area contributed by atoms with Crippen LogP contribution in [0.25, 0.3) is 11.0 Å². The summed E-state index contributed by atoms with van der Waals surface area (Å²) in [7, 11) is 0. The predicted octanol–water partition coefficient (Wildman–Crippen LogP) is 1.76. The van der Waals surface area contributed by atoms with E-state index in [-0.39, 0.29) is 6.61 Å². The second-order valence-electron chi connectivity index (χ2n) is 3.17. The van der Waals surface area contributed by atoms with Crippen LogP contribution in [0, 0.1) is 0 Å². The Morgan fingerprint density at radius 2 is 2.33 bits per heavy atom. The van der Waals surface area contributed by atoms with Crippen LogP contribution in [0.4, 0.5) is 0 Å². The number of rotatable bonds is 4. The van der Waals surface area contributed by atoms with Gasteiger partial charge in [0.1, 0.15) is 5.75 Å². The molecule has 0 aliphatic heterocycles. The molecule has 1 heterocycles. The number of hydrogen-bond acceptors (Lipinski definition) is 4. The Balaban J connectivity index is 2.53. The molecule has 0 unspecified atom stereocenters. The fraction of sp³-hybridized carbons (Fsp3) is 0.364. The number of hydrogen-bond donors (Lipinski definition) is 1. The van der Waals surface area contributed by atoms with E-state index in [0.717, 1.165) is 16.8 Å². The van der Waals surface area contributed by atoms with Crippen LogP contribution in [0.2, 0.25) is 0 Å². The lowest BCUT2D eigenvalue weighted by Gasteiger charge is -2.03. The van der Waals surface area contributed by atoms with Crippen LogP contribution in [-0.2, 0) is 6.42 Å². The molecule has 4 heteroatoms. The minimum Gasteiger partial charge on any atom is -0.493 e. The van der Waals surface area contributed by atoms with E-state index >= 15 is 0 Å². The van der Waals surface area contributed by atoms with Crippen molar-refractivity contribution in [1.82, 2.24) is 5.16 Å². The topological polar surface area (TPSA) is 55.5 Å². The first-order chi connectivity index (χ1) is 7.36. The molecule has 0 aliphatic carbocycles.